The summed E-state index contributed by atoms with van der Waals surface area (Å²) in [6.07, 6.45) is 4.53. The van der Waals surface area contributed by atoms with Gasteiger partial charge in [-0.1, -0.05) is 18.5 Å². The summed E-state index contributed by atoms with van der Waals surface area (Å²) in [4.78, 5) is 15.5. The van der Waals surface area contributed by atoms with Gasteiger partial charge >= 0.3 is 0 Å². The van der Waals surface area contributed by atoms with Gasteiger partial charge in [0.15, 0.2) is 0 Å². The van der Waals surface area contributed by atoms with Crippen molar-refractivity contribution in [1.29, 1.82) is 0 Å². The van der Waals surface area contributed by atoms with Crippen molar-refractivity contribution in [2.45, 2.75) is 39.7 Å². The van der Waals surface area contributed by atoms with Crippen molar-refractivity contribution >= 4 is 23.4 Å². The normalized spacial score (nSPS) is 15.8. The lowest BCUT2D eigenvalue weighted by Crippen LogP contribution is -2.24. The van der Waals surface area contributed by atoms with Crippen LogP contribution in [0.1, 0.15) is 40.8 Å². The number of aromatic amines is 1. The molecule has 4 N–H and O–H groups in total. The van der Waals surface area contributed by atoms with Crippen LogP contribution in [0.3, 0.4) is 0 Å². The van der Waals surface area contributed by atoms with Crippen molar-refractivity contribution in [3.63, 3.8) is 0 Å². The molecule has 0 amide bonds. The molecule has 0 saturated carbocycles. The number of H-pyrrole nitrogens is 1. The van der Waals surface area contributed by atoms with Crippen molar-refractivity contribution in [2.75, 3.05) is 23.8 Å². The first kappa shape index (κ1) is 19.6. The number of nitrogen functional groups attached to an aromatic ring is 1. The van der Waals surface area contributed by atoms with E-state index in [0.29, 0.717) is 24.1 Å². The van der Waals surface area contributed by atoms with E-state index in [2.05, 4.69) is 38.9 Å². The fourth-order valence-corrected chi connectivity index (χ4v) is 4.55. The SMILES string of the molecule is CCc1c(C)nc(-c2cn[nH]c2)c(CN2CC(CO)c3c(Cl)nc(N)nc32)c1C. The molecule has 1 aliphatic rings. The zero-order valence-electron chi connectivity index (χ0n) is 16.7. The molecule has 4 rings (SSSR count). The molecule has 0 aromatic carbocycles. The Balaban J connectivity index is 1.84. The Labute approximate surface area is 174 Å². The molecule has 0 spiro atoms. The van der Waals surface area contributed by atoms with Crippen LogP contribution >= 0.6 is 11.6 Å². The number of nitrogens with zero attached hydrogens (tertiary/aromatic N) is 5. The number of aliphatic hydroxyl groups excluding tert-OH is 1. The number of halogens is 1. The molecular formula is C20H24ClN7O. The first-order chi connectivity index (χ1) is 13.9. The monoisotopic (exact) mass is 413 g/mol. The maximum Gasteiger partial charge on any atom is 0.223 e. The molecule has 0 aliphatic carbocycles. The van der Waals surface area contributed by atoms with Crippen LogP contribution in [0.2, 0.25) is 5.15 Å². The molecule has 152 valence electrons. The van der Waals surface area contributed by atoms with Gasteiger partial charge in [-0.25, -0.2) is 4.98 Å². The lowest BCUT2D eigenvalue weighted by molar-refractivity contribution is 0.270. The highest BCUT2D eigenvalue weighted by molar-refractivity contribution is 6.30. The summed E-state index contributed by atoms with van der Waals surface area (Å²) in [5.41, 5.74) is 13.0. The van der Waals surface area contributed by atoms with Gasteiger partial charge in [-0.2, -0.15) is 10.1 Å². The number of nitrogens with two attached hydrogens (primary N) is 1. The largest absolute Gasteiger partial charge is 0.396 e. The van der Waals surface area contributed by atoms with Gasteiger partial charge in [-0.15, -0.1) is 0 Å². The van der Waals surface area contributed by atoms with Gasteiger partial charge in [0.25, 0.3) is 0 Å². The van der Waals surface area contributed by atoms with Crippen molar-refractivity contribution in [3.8, 4) is 11.3 Å². The molecule has 0 saturated heterocycles. The first-order valence-corrected chi connectivity index (χ1v) is 9.99. The molecule has 1 unspecified atom stereocenters. The molecule has 0 bridgehead atoms. The second kappa shape index (κ2) is 7.61. The highest BCUT2D eigenvalue weighted by atomic mass is 35.5. The third-order valence-electron chi connectivity index (χ3n) is 5.65. The maximum absolute atomic E-state index is 9.87. The predicted molar refractivity (Wildman–Crippen MR) is 113 cm³/mol. The summed E-state index contributed by atoms with van der Waals surface area (Å²) in [7, 11) is 0. The number of aromatic nitrogens is 5. The molecular weight excluding hydrogens is 390 g/mol. The van der Waals surface area contributed by atoms with E-state index in [1.54, 1.807) is 6.20 Å². The van der Waals surface area contributed by atoms with Crippen LogP contribution in [0, 0.1) is 13.8 Å². The fraction of sp³-hybridized carbons (Fsp3) is 0.400. The zero-order chi connectivity index (χ0) is 20.7. The van der Waals surface area contributed by atoms with E-state index in [-0.39, 0.29) is 18.5 Å². The molecule has 8 nitrogen and oxygen atoms in total. The highest BCUT2D eigenvalue weighted by Gasteiger charge is 2.34. The lowest BCUT2D eigenvalue weighted by atomic mass is 9.95. The van der Waals surface area contributed by atoms with E-state index in [1.807, 2.05) is 13.1 Å². The molecule has 3 aromatic heterocycles. The van der Waals surface area contributed by atoms with Crippen LogP contribution in [0.15, 0.2) is 12.4 Å². The van der Waals surface area contributed by atoms with E-state index < -0.39 is 0 Å². The first-order valence-electron chi connectivity index (χ1n) is 9.61. The Morgan fingerprint density at radius 1 is 1.28 bits per heavy atom. The quantitative estimate of drug-likeness (QED) is 0.550. The smallest absolute Gasteiger partial charge is 0.223 e. The average molecular weight is 414 g/mol. The third-order valence-corrected chi connectivity index (χ3v) is 5.93. The highest BCUT2D eigenvalue weighted by Crippen LogP contribution is 2.41. The molecule has 3 aromatic rings. The van der Waals surface area contributed by atoms with Crippen LogP contribution in [-0.2, 0) is 13.0 Å². The van der Waals surface area contributed by atoms with Crippen molar-refractivity contribution in [3.05, 3.63) is 45.5 Å². The lowest BCUT2D eigenvalue weighted by Gasteiger charge is -2.24. The summed E-state index contributed by atoms with van der Waals surface area (Å²) in [6, 6.07) is 0. The maximum atomic E-state index is 9.87. The summed E-state index contributed by atoms with van der Waals surface area (Å²) >= 11 is 6.34. The van der Waals surface area contributed by atoms with Crippen LogP contribution in [-0.4, -0.2) is 43.4 Å². The number of hydrogen-bond acceptors (Lipinski definition) is 7. The average Bonchev–Trinajstić information content (AvgIpc) is 3.32. The van der Waals surface area contributed by atoms with Crippen molar-refractivity contribution in [1.82, 2.24) is 25.1 Å². The Morgan fingerprint density at radius 2 is 2.07 bits per heavy atom. The molecule has 1 atom stereocenters. The molecule has 0 radical (unpaired) electrons. The Hall–Kier alpha value is -2.71. The van der Waals surface area contributed by atoms with Crippen LogP contribution < -0.4 is 10.6 Å². The van der Waals surface area contributed by atoms with E-state index in [1.165, 1.54) is 11.1 Å². The van der Waals surface area contributed by atoms with Crippen LogP contribution in [0.4, 0.5) is 11.8 Å². The van der Waals surface area contributed by atoms with Gasteiger partial charge in [-0.3, -0.25) is 10.1 Å². The Kier molecular flexibility index (Phi) is 5.14. The fourth-order valence-electron chi connectivity index (χ4n) is 4.23. The number of fused-ring (bicyclic) bond motifs is 1. The van der Waals surface area contributed by atoms with Gasteiger partial charge in [-0.05, 0) is 31.4 Å². The number of aliphatic hydroxyl groups is 1. The minimum Gasteiger partial charge on any atom is -0.396 e. The summed E-state index contributed by atoms with van der Waals surface area (Å²) in [6.45, 7) is 7.44. The van der Waals surface area contributed by atoms with Gasteiger partial charge in [0, 0.05) is 47.6 Å². The Bertz CT molecular complexity index is 1050. The van der Waals surface area contributed by atoms with Gasteiger partial charge in [0.1, 0.15) is 11.0 Å². The molecule has 0 fully saturated rings. The van der Waals surface area contributed by atoms with E-state index in [4.69, 9.17) is 22.3 Å². The van der Waals surface area contributed by atoms with E-state index in [0.717, 1.165) is 34.5 Å². The van der Waals surface area contributed by atoms with Gasteiger partial charge < -0.3 is 15.7 Å². The number of anilines is 2. The van der Waals surface area contributed by atoms with Crippen LogP contribution in [0.25, 0.3) is 11.3 Å². The molecule has 29 heavy (non-hydrogen) atoms. The Morgan fingerprint density at radius 3 is 2.72 bits per heavy atom. The van der Waals surface area contributed by atoms with Gasteiger partial charge in [0.2, 0.25) is 5.95 Å². The number of pyridine rings is 1. The number of aryl methyl sites for hydroxylation is 1. The summed E-state index contributed by atoms with van der Waals surface area (Å²) < 4.78 is 0. The topological polar surface area (TPSA) is 117 Å². The second-order valence-electron chi connectivity index (χ2n) is 7.34. The number of hydrogen-bond donors (Lipinski definition) is 3. The van der Waals surface area contributed by atoms with E-state index >= 15 is 0 Å². The number of rotatable bonds is 5. The zero-order valence-corrected chi connectivity index (χ0v) is 17.5. The summed E-state index contributed by atoms with van der Waals surface area (Å²) in [5, 5.41) is 17.1. The minimum absolute atomic E-state index is 0.0313. The second-order valence-corrected chi connectivity index (χ2v) is 7.70. The standard InChI is InChI=1S/C20H24ClN7O/c1-4-14-10(2)15(17(25-11(14)3)12-5-23-24-6-12)8-28-7-13(9-29)16-18(21)26-20(22)27-19(16)28/h5-6,13,29H,4,7-9H2,1-3H3,(H,23,24)(H2,22,26,27). The number of nitrogens with one attached hydrogen (secondary N) is 1. The van der Waals surface area contributed by atoms with Crippen molar-refractivity contribution < 1.29 is 5.11 Å². The predicted octanol–water partition coefficient (Wildman–Crippen LogP) is 2.77. The summed E-state index contributed by atoms with van der Waals surface area (Å²) in [5.74, 6) is 0.651. The van der Waals surface area contributed by atoms with Crippen LogP contribution in [0.5, 0.6) is 0 Å². The van der Waals surface area contributed by atoms with E-state index in [9.17, 15) is 5.11 Å². The molecule has 4 heterocycles. The molecule has 1 aliphatic heterocycles. The molecule has 9 heteroatoms. The third kappa shape index (κ3) is 3.32. The minimum atomic E-state index is -0.153. The van der Waals surface area contributed by atoms with Gasteiger partial charge in [0.05, 0.1) is 18.5 Å². The van der Waals surface area contributed by atoms with Crippen molar-refractivity contribution in [2.24, 2.45) is 0 Å².